The second-order valence-electron chi connectivity index (χ2n) is 1.97. The third kappa shape index (κ3) is 6.47. The van der Waals surface area contributed by atoms with Gasteiger partial charge in [-0.25, -0.2) is 0 Å². The molecule has 0 aromatic heterocycles. The third-order valence-corrected chi connectivity index (χ3v) is 1.50. The van der Waals surface area contributed by atoms with Gasteiger partial charge in [0, 0.05) is 5.02 Å². The summed E-state index contributed by atoms with van der Waals surface area (Å²) in [6, 6.07) is 7.77. The molecule has 1 rings (SSSR count). The highest BCUT2D eigenvalue weighted by Crippen LogP contribution is 2.11. The molecule has 0 aliphatic carbocycles. The normalized spacial score (nSPS) is 8.33. The molecule has 0 unspecified atom stereocenters. The minimum atomic E-state index is -0.889. The van der Waals surface area contributed by atoms with E-state index in [9.17, 15) is 0 Å². The summed E-state index contributed by atoms with van der Waals surface area (Å²) in [4.78, 5) is 8.98. The maximum atomic E-state index is 8.98. The fourth-order valence-electron chi connectivity index (χ4n) is 0.551. The Kier molecular flexibility index (Phi) is 6.17. The van der Waals surface area contributed by atoms with Crippen LogP contribution in [0.2, 0.25) is 5.02 Å². The highest BCUT2D eigenvalue weighted by molar-refractivity contribution is 6.93. The summed E-state index contributed by atoms with van der Waals surface area (Å²) in [6.45, 7) is 1.99. The standard InChI is InChI=1S/C7H7Cl.CCl2O/c1-6-4-2-3-5-7(6)8;2-1(3)4/h2-5H,1H3;. The van der Waals surface area contributed by atoms with E-state index in [4.69, 9.17) is 16.4 Å². The molecule has 0 atom stereocenters. The maximum absolute atomic E-state index is 8.98. The molecule has 0 amide bonds. The van der Waals surface area contributed by atoms with Gasteiger partial charge in [0.05, 0.1) is 0 Å². The Bertz CT molecular complexity index is 235. The number of rotatable bonds is 0. The number of aryl methyl sites for hydroxylation is 1. The van der Waals surface area contributed by atoms with Gasteiger partial charge in [-0.3, -0.25) is 4.79 Å². The Hall–Kier alpha value is -0.240. The van der Waals surface area contributed by atoms with Crippen LogP contribution in [-0.4, -0.2) is 4.70 Å². The topological polar surface area (TPSA) is 17.1 Å². The van der Waals surface area contributed by atoms with E-state index in [1.54, 1.807) is 0 Å². The largest absolute Gasteiger partial charge is 0.313 e. The molecule has 0 saturated carbocycles. The van der Waals surface area contributed by atoms with E-state index in [1.807, 2.05) is 31.2 Å². The molecule has 4 heteroatoms. The maximum Gasteiger partial charge on any atom is 0.313 e. The van der Waals surface area contributed by atoms with Crippen LogP contribution in [0.4, 0.5) is 4.79 Å². The van der Waals surface area contributed by atoms with E-state index in [0.29, 0.717) is 0 Å². The van der Waals surface area contributed by atoms with Crippen LogP contribution in [0.1, 0.15) is 5.56 Å². The molecule has 1 nitrogen and oxygen atoms in total. The number of hydrogen-bond acceptors (Lipinski definition) is 1. The first-order valence-electron chi connectivity index (χ1n) is 3.10. The van der Waals surface area contributed by atoms with Crippen molar-refractivity contribution in [2.45, 2.75) is 6.92 Å². The second kappa shape index (κ2) is 6.30. The van der Waals surface area contributed by atoms with E-state index < -0.39 is 4.70 Å². The highest BCUT2D eigenvalue weighted by Gasteiger charge is 1.86. The molecule has 0 heterocycles. The molecule has 0 fully saturated rings. The average Bonchev–Trinajstić information content (AvgIpc) is 1.94. The SMILES string of the molecule is Cc1ccccc1Cl.O=C(Cl)Cl. The first-order valence-corrected chi connectivity index (χ1v) is 4.23. The predicted molar refractivity (Wildman–Crippen MR) is 53.3 cm³/mol. The Balaban J connectivity index is 0.000000261. The van der Waals surface area contributed by atoms with E-state index in [2.05, 4.69) is 23.2 Å². The van der Waals surface area contributed by atoms with Gasteiger partial charge in [-0.05, 0) is 41.8 Å². The number of hydrogen-bond donors (Lipinski definition) is 0. The predicted octanol–water partition coefficient (Wildman–Crippen LogP) is 4.23. The number of carbonyl (C=O) groups excluding carboxylic acids is 1. The lowest BCUT2D eigenvalue weighted by Crippen LogP contribution is -1.68. The van der Waals surface area contributed by atoms with E-state index in [0.717, 1.165) is 10.6 Å². The molecule has 0 radical (unpaired) electrons. The van der Waals surface area contributed by atoms with Crippen molar-refractivity contribution >= 4 is 39.5 Å². The summed E-state index contributed by atoms with van der Waals surface area (Å²) >= 11 is 14.5. The van der Waals surface area contributed by atoms with Gasteiger partial charge in [0.15, 0.2) is 0 Å². The molecule has 0 spiro atoms. The lowest BCUT2D eigenvalue weighted by Gasteiger charge is -1.90. The smallest absolute Gasteiger partial charge is 0.262 e. The quantitative estimate of drug-likeness (QED) is 0.604. The molecule has 0 saturated heterocycles. The molecule has 1 aromatic carbocycles. The summed E-state index contributed by atoms with van der Waals surface area (Å²) in [5.74, 6) is 0. The van der Waals surface area contributed by atoms with Crippen molar-refractivity contribution in [3.8, 4) is 0 Å². The van der Waals surface area contributed by atoms with Gasteiger partial charge in [-0.15, -0.1) is 0 Å². The zero-order valence-corrected chi connectivity index (χ0v) is 8.62. The monoisotopic (exact) mass is 224 g/mol. The minimum absolute atomic E-state index is 0.840. The van der Waals surface area contributed by atoms with Crippen molar-refractivity contribution in [3.63, 3.8) is 0 Å². The van der Waals surface area contributed by atoms with Crippen LogP contribution in [0, 0.1) is 6.92 Å². The Morgan fingerprint density at radius 3 is 1.92 bits per heavy atom. The zero-order chi connectivity index (χ0) is 9.56. The van der Waals surface area contributed by atoms with Gasteiger partial charge in [-0.2, -0.15) is 0 Å². The molecule has 0 aliphatic rings. The van der Waals surface area contributed by atoms with Crippen molar-refractivity contribution in [2.24, 2.45) is 0 Å². The van der Waals surface area contributed by atoms with Gasteiger partial charge < -0.3 is 0 Å². The van der Waals surface area contributed by atoms with E-state index in [-0.39, 0.29) is 0 Å². The third-order valence-electron chi connectivity index (χ3n) is 1.08. The molecule has 12 heavy (non-hydrogen) atoms. The Morgan fingerprint density at radius 1 is 1.25 bits per heavy atom. The summed E-state index contributed by atoms with van der Waals surface area (Å²) in [5, 5.41) is 0.840. The fraction of sp³-hybridized carbons (Fsp3) is 0.125. The molecule has 66 valence electrons. The summed E-state index contributed by atoms with van der Waals surface area (Å²) in [6.07, 6.45) is 0. The summed E-state index contributed by atoms with van der Waals surface area (Å²) in [7, 11) is 0. The van der Waals surface area contributed by atoms with E-state index >= 15 is 0 Å². The first kappa shape index (κ1) is 11.8. The van der Waals surface area contributed by atoms with Gasteiger partial charge >= 0.3 is 4.70 Å². The minimum Gasteiger partial charge on any atom is -0.262 e. The number of carbonyl (C=O) groups is 1. The van der Waals surface area contributed by atoms with Crippen LogP contribution in [0.5, 0.6) is 0 Å². The summed E-state index contributed by atoms with van der Waals surface area (Å²) in [5.41, 5.74) is 1.13. The fourth-order valence-corrected chi connectivity index (χ4v) is 0.687. The Labute approximate surface area is 86.2 Å². The van der Waals surface area contributed by atoms with Crippen molar-refractivity contribution in [1.82, 2.24) is 0 Å². The highest BCUT2D eigenvalue weighted by atomic mass is 35.5. The average molecular weight is 226 g/mol. The lowest BCUT2D eigenvalue weighted by atomic mass is 10.2. The van der Waals surface area contributed by atoms with Crippen LogP contribution < -0.4 is 0 Å². The lowest BCUT2D eigenvalue weighted by molar-refractivity contribution is 0.275. The van der Waals surface area contributed by atoms with E-state index in [1.165, 1.54) is 0 Å². The number of benzene rings is 1. The van der Waals surface area contributed by atoms with Gasteiger partial charge in [0.1, 0.15) is 0 Å². The Morgan fingerprint density at radius 2 is 1.67 bits per heavy atom. The van der Waals surface area contributed by atoms with Crippen LogP contribution in [0.3, 0.4) is 0 Å². The van der Waals surface area contributed by atoms with Crippen LogP contribution in [-0.2, 0) is 0 Å². The first-order chi connectivity index (χ1) is 5.54. The molecule has 0 N–H and O–H groups in total. The second-order valence-corrected chi connectivity index (χ2v) is 3.26. The number of halogens is 3. The molecule has 1 aromatic rings. The molecule has 0 bridgehead atoms. The molecular formula is C8H7Cl3O. The molecule has 0 aliphatic heterocycles. The van der Waals surface area contributed by atoms with Crippen LogP contribution in [0.15, 0.2) is 24.3 Å². The van der Waals surface area contributed by atoms with Gasteiger partial charge in [-0.1, -0.05) is 29.8 Å². The molecular weight excluding hydrogens is 218 g/mol. The van der Waals surface area contributed by atoms with Crippen molar-refractivity contribution in [2.75, 3.05) is 0 Å². The zero-order valence-electron chi connectivity index (χ0n) is 6.35. The van der Waals surface area contributed by atoms with Crippen molar-refractivity contribution in [1.29, 1.82) is 0 Å². The van der Waals surface area contributed by atoms with Gasteiger partial charge in [0.2, 0.25) is 0 Å². The van der Waals surface area contributed by atoms with Crippen molar-refractivity contribution in [3.05, 3.63) is 34.9 Å². The summed E-state index contributed by atoms with van der Waals surface area (Å²) < 4.78 is -0.889. The van der Waals surface area contributed by atoms with Gasteiger partial charge in [0.25, 0.3) is 0 Å². The van der Waals surface area contributed by atoms with Crippen LogP contribution >= 0.6 is 34.8 Å². The van der Waals surface area contributed by atoms with Crippen molar-refractivity contribution < 1.29 is 4.79 Å². The van der Waals surface area contributed by atoms with Crippen LogP contribution in [0.25, 0.3) is 0 Å².